The topological polar surface area (TPSA) is 47.7 Å². The van der Waals surface area contributed by atoms with Gasteiger partial charge in [0.15, 0.2) is 11.5 Å². The first kappa shape index (κ1) is 13.3. The van der Waals surface area contributed by atoms with E-state index in [0.717, 1.165) is 35.8 Å². The summed E-state index contributed by atoms with van der Waals surface area (Å²) in [6.07, 6.45) is 0. The van der Waals surface area contributed by atoms with Gasteiger partial charge >= 0.3 is 0 Å². The summed E-state index contributed by atoms with van der Waals surface area (Å²) >= 11 is 1.77. The largest absolute Gasteiger partial charge is 0.486 e. The van der Waals surface area contributed by atoms with Gasteiger partial charge in [0.05, 0.1) is 0 Å². The first-order chi connectivity index (χ1) is 9.72. The summed E-state index contributed by atoms with van der Waals surface area (Å²) in [5.41, 5.74) is 7.94. The zero-order valence-electron chi connectivity index (χ0n) is 11.5. The lowest BCUT2D eigenvalue weighted by Crippen LogP contribution is -2.19. The summed E-state index contributed by atoms with van der Waals surface area (Å²) in [6, 6.07) is 8.08. The van der Waals surface area contributed by atoms with Gasteiger partial charge in [-0.2, -0.15) is 0 Å². The van der Waals surface area contributed by atoms with Crippen molar-refractivity contribution in [3.05, 3.63) is 40.1 Å². The number of thiophene rings is 1. The summed E-state index contributed by atoms with van der Waals surface area (Å²) in [6.45, 7) is 2.90. The molecule has 3 rings (SSSR count). The highest BCUT2D eigenvalue weighted by Gasteiger charge is 2.15. The van der Waals surface area contributed by atoms with Gasteiger partial charge in [-0.25, -0.2) is 0 Å². The van der Waals surface area contributed by atoms with Crippen molar-refractivity contribution in [1.29, 1.82) is 0 Å². The molecule has 1 aliphatic heterocycles. The van der Waals surface area contributed by atoms with E-state index in [4.69, 9.17) is 15.2 Å². The molecule has 0 saturated carbocycles. The van der Waals surface area contributed by atoms with Gasteiger partial charge in [-0.3, -0.25) is 4.90 Å². The minimum atomic E-state index is 0.587. The third-order valence-electron chi connectivity index (χ3n) is 3.25. The van der Waals surface area contributed by atoms with Gasteiger partial charge in [0.2, 0.25) is 0 Å². The Morgan fingerprint density at radius 3 is 2.65 bits per heavy atom. The maximum absolute atomic E-state index is 6.11. The molecular weight excluding hydrogens is 272 g/mol. The van der Waals surface area contributed by atoms with Gasteiger partial charge in [0.1, 0.15) is 13.2 Å². The minimum absolute atomic E-state index is 0.587. The zero-order valence-corrected chi connectivity index (χ0v) is 12.3. The van der Waals surface area contributed by atoms with Crippen LogP contribution in [0, 0.1) is 0 Å². The van der Waals surface area contributed by atoms with Crippen molar-refractivity contribution in [2.24, 2.45) is 0 Å². The number of rotatable bonds is 4. The summed E-state index contributed by atoms with van der Waals surface area (Å²) < 4.78 is 11.1. The fourth-order valence-electron chi connectivity index (χ4n) is 2.30. The normalized spacial score (nSPS) is 13.7. The molecule has 0 bridgehead atoms. The van der Waals surface area contributed by atoms with Crippen molar-refractivity contribution < 1.29 is 9.47 Å². The van der Waals surface area contributed by atoms with Crippen molar-refractivity contribution in [1.82, 2.24) is 4.90 Å². The first-order valence-electron chi connectivity index (χ1n) is 6.61. The zero-order chi connectivity index (χ0) is 13.9. The van der Waals surface area contributed by atoms with Crippen LogP contribution in [0.5, 0.6) is 11.5 Å². The smallest absolute Gasteiger partial charge is 0.163 e. The summed E-state index contributed by atoms with van der Waals surface area (Å²) in [5, 5.41) is 2.10. The molecule has 0 spiro atoms. The van der Waals surface area contributed by atoms with Crippen LogP contribution in [-0.4, -0.2) is 25.2 Å². The average molecular weight is 290 g/mol. The fourth-order valence-corrected chi connectivity index (χ4v) is 3.08. The summed E-state index contributed by atoms with van der Waals surface area (Å²) in [7, 11) is 2.09. The van der Waals surface area contributed by atoms with Gasteiger partial charge in [-0.05, 0) is 30.1 Å². The third-order valence-corrected chi connectivity index (χ3v) is 4.11. The Kier molecular flexibility index (Phi) is 3.80. The van der Waals surface area contributed by atoms with Crippen molar-refractivity contribution in [3.63, 3.8) is 0 Å². The van der Waals surface area contributed by atoms with Crippen LogP contribution in [0.3, 0.4) is 0 Å². The number of anilines is 1. The van der Waals surface area contributed by atoms with E-state index in [9.17, 15) is 0 Å². The van der Waals surface area contributed by atoms with Crippen LogP contribution in [0.4, 0.5) is 5.69 Å². The number of fused-ring (bicyclic) bond motifs is 1. The number of hydrogen-bond acceptors (Lipinski definition) is 5. The third kappa shape index (κ3) is 2.89. The molecule has 1 aromatic heterocycles. The first-order valence-corrected chi connectivity index (χ1v) is 7.49. The molecule has 2 aromatic rings. The van der Waals surface area contributed by atoms with Gasteiger partial charge < -0.3 is 15.2 Å². The Bertz CT molecular complexity index is 584. The maximum atomic E-state index is 6.11. The van der Waals surface area contributed by atoms with E-state index >= 15 is 0 Å². The Labute approximate surface area is 122 Å². The van der Waals surface area contributed by atoms with E-state index in [1.165, 1.54) is 4.88 Å². The molecule has 0 aliphatic carbocycles. The average Bonchev–Trinajstić information content (AvgIpc) is 2.92. The predicted octanol–water partition coefficient (Wildman–Crippen LogP) is 2.73. The molecule has 4 nitrogen and oxygen atoms in total. The molecule has 0 radical (unpaired) electrons. The second-order valence-electron chi connectivity index (χ2n) is 4.95. The number of hydrogen-bond donors (Lipinski definition) is 1. The molecule has 0 atom stereocenters. The van der Waals surface area contributed by atoms with Gasteiger partial charge in [-0.15, -0.1) is 11.3 Å². The second-order valence-corrected chi connectivity index (χ2v) is 5.98. The molecule has 1 aliphatic rings. The van der Waals surface area contributed by atoms with Gasteiger partial charge in [0.25, 0.3) is 0 Å². The molecule has 0 saturated heterocycles. The van der Waals surface area contributed by atoms with E-state index < -0.39 is 0 Å². The Balaban J connectivity index is 1.73. The lowest BCUT2D eigenvalue weighted by Gasteiger charge is -2.22. The van der Waals surface area contributed by atoms with E-state index in [-0.39, 0.29) is 0 Å². The standard InChI is InChI=1S/C15H18N2O2S/c1-17(10-12-3-2-6-20-12)9-11-7-14-15(8-13(11)16)19-5-4-18-14/h2-3,6-8H,4-5,9-10,16H2,1H3. The van der Waals surface area contributed by atoms with Gasteiger partial charge in [0, 0.05) is 29.7 Å². The minimum Gasteiger partial charge on any atom is -0.486 e. The van der Waals surface area contributed by atoms with Crippen LogP contribution in [0.1, 0.15) is 10.4 Å². The lowest BCUT2D eigenvalue weighted by atomic mass is 10.1. The molecule has 2 N–H and O–H groups in total. The van der Waals surface area contributed by atoms with E-state index in [2.05, 4.69) is 29.5 Å². The quantitative estimate of drug-likeness (QED) is 0.880. The fraction of sp³-hybridized carbons (Fsp3) is 0.333. The number of nitrogens with two attached hydrogens (primary N) is 1. The van der Waals surface area contributed by atoms with Crippen LogP contribution in [0.15, 0.2) is 29.6 Å². The van der Waals surface area contributed by atoms with E-state index in [1.807, 2.05) is 12.1 Å². The molecule has 106 valence electrons. The predicted molar refractivity (Wildman–Crippen MR) is 81.3 cm³/mol. The van der Waals surface area contributed by atoms with Crippen molar-refractivity contribution >= 4 is 17.0 Å². The Morgan fingerprint density at radius 1 is 1.20 bits per heavy atom. The number of nitrogen functional groups attached to an aromatic ring is 1. The van der Waals surface area contributed by atoms with Crippen LogP contribution >= 0.6 is 11.3 Å². The molecule has 2 heterocycles. The number of nitrogens with zero attached hydrogens (tertiary/aromatic N) is 1. The van der Waals surface area contributed by atoms with Crippen LogP contribution in [0.2, 0.25) is 0 Å². The second kappa shape index (κ2) is 5.73. The van der Waals surface area contributed by atoms with Crippen LogP contribution in [-0.2, 0) is 13.1 Å². The van der Waals surface area contributed by atoms with Crippen molar-refractivity contribution in [2.45, 2.75) is 13.1 Å². The lowest BCUT2D eigenvalue weighted by molar-refractivity contribution is 0.171. The molecule has 0 fully saturated rings. The van der Waals surface area contributed by atoms with Crippen LogP contribution in [0.25, 0.3) is 0 Å². The Morgan fingerprint density at radius 2 is 1.95 bits per heavy atom. The molecule has 0 unspecified atom stereocenters. The van der Waals surface area contributed by atoms with E-state index in [1.54, 1.807) is 11.3 Å². The van der Waals surface area contributed by atoms with Crippen LogP contribution < -0.4 is 15.2 Å². The highest BCUT2D eigenvalue weighted by molar-refractivity contribution is 7.09. The molecule has 0 amide bonds. The monoisotopic (exact) mass is 290 g/mol. The Hall–Kier alpha value is -1.72. The highest BCUT2D eigenvalue weighted by atomic mass is 32.1. The van der Waals surface area contributed by atoms with Crippen molar-refractivity contribution in [2.75, 3.05) is 26.0 Å². The molecule has 5 heteroatoms. The summed E-state index contributed by atoms with van der Waals surface area (Å²) in [4.78, 5) is 3.59. The number of ether oxygens (including phenoxy) is 2. The molecular formula is C15H18N2O2S. The number of benzene rings is 1. The van der Waals surface area contributed by atoms with E-state index in [0.29, 0.717) is 13.2 Å². The molecule has 1 aromatic carbocycles. The van der Waals surface area contributed by atoms with Gasteiger partial charge in [-0.1, -0.05) is 6.07 Å². The maximum Gasteiger partial charge on any atom is 0.163 e. The highest BCUT2D eigenvalue weighted by Crippen LogP contribution is 2.34. The SMILES string of the molecule is CN(Cc1cccs1)Cc1cc2c(cc1N)OCCO2. The molecule has 20 heavy (non-hydrogen) atoms. The summed E-state index contributed by atoms with van der Waals surface area (Å²) in [5.74, 6) is 1.54. The van der Waals surface area contributed by atoms with Crippen molar-refractivity contribution in [3.8, 4) is 11.5 Å².